The van der Waals surface area contributed by atoms with Crippen LogP contribution in [0.3, 0.4) is 0 Å². The monoisotopic (exact) mass is 301 g/mol. The standard InChI is InChI=1S/C12H16BrNOS/c1-8-4-5-11(13)10(6-8)12(15)14-9(2)7-16-3/h4-6,9H,7H2,1-3H3,(H,14,15). The topological polar surface area (TPSA) is 29.1 Å². The average molecular weight is 302 g/mol. The molecule has 4 heteroatoms. The van der Waals surface area contributed by atoms with Crippen LogP contribution >= 0.6 is 27.7 Å². The number of carbonyl (C=O) groups is 1. The van der Waals surface area contributed by atoms with Gasteiger partial charge in [-0.1, -0.05) is 11.6 Å². The Morgan fingerprint density at radius 3 is 2.88 bits per heavy atom. The fraction of sp³-hybridized carbons (Fsp3) is 0.417. The van der Waals surface area contributed by atoms with Crippen LogP contribution in [0.4, 0.5) is 0 Å². The van der Waals surface area contributed by atoms with Crippen LogP contribution in [0.1, 0.15) is 22.8 Å². The van der Waals surface area contributed by atoms with Gasteiger partial charge >= 0.3 is 0 Å². The van der Waals surface area contributed by atoms with Crippen LogP contribution in [0.15, 0.2) is 22.7 Å². The number of aryl methyl sites for hydroxylation is 1. The van der Waals surface area contributed by atoms with Crippen LogP contribution in [0.5, 0.6) is 0 Å². The fourth-order valence-corrected chi connectivity index (χ4v) is 2.42. The Morgan fingerprint density at radius 1 is 1.56 bits per heavy atom. The normalized spacial score (nSPS) is 12.2. The van der Waals surface area contributed by atoms with Gasteiger partial charge in [0.2, 0.25) is 0 Å². The lowest BCUT2D eigenvalue weighted by Gasteiger charge is -2.13. The highest BCUT2D eigenvalue weighted by Crippen LogP contribution is 2.18. The molecule has 0 fully saturated rings. The van der Waals surface area contributed by atoms with Crippen LogP contribution in [0.2, 0.25) is 0 Å². The zero-order valence-corrected chi connectivity index (χ0v) is 12.1. The van der Waals surface area contributed by atoms with E-state index in [1.807, 2.05) is 38.3 Å². The number of nitrogens with one attached hydrogen (secondary N) is 1. The summed E-state index contributed by atoms with van der Waals surface area (Å²) >= 11 is 5.12. The van der Waals surface area contributed by atoms with Gasteiger partial charge in [0.05, 0.1) is 5.56 Å². The summed E-state index contributed by atoms with van der Waals surface area (Å²) in [5.74, 6) is 0.909. The molecule has 16 heavy (non-hydrogen) atoms. The smallest absolute Gasteiger partial charge is 0.252 e. The molecule has 1 aromatic rings. The highest BCUT2D eigenvalue weighted by Gasteiger charge is 2.12. The molecule has 0 bridgehead atoms. The van der Waals surface area contributed by atoms with E-state index in [1.165, 1.54) is 0 Å². The Hall–Kier alpha value is -0.480. The molecule has 88 valence electrons. The van der Waals surface area contributed by atoms with E-state index in [4.69, 9.17) is 0 Å². The summed E-state index contributed by atoms with van der Waals surface area (Å²) < 4.78 is 0.840. The number of hydrogen-bond acceptors (Lipinski definition) is 2. The molecule has 0 aliphatic rings. The van der Waals surface area contributed by atoms with E-state index in [9.17, 15) is 4.79 Å². The van der Waals surface area contributed by atoms with Crippen molar-refractivity contribution in [2.45, 2.75) is 19.9 Å². The first-order valence-electron chi connectivity index (χ1n) is 5.10. The van der Waals surface area contributed by atoms with E-state index in [1.54, 1.807) is 11.8 Å². The van der Waals surface area contributed by atoms with E-state index in [2.05, 4.69) is 21.2 Å². The van der Waals surface area contributed by atoms with Crippen LogP contribution in [-0.4, -0.2) is 24.0 Å². The lowest BCUT2D eigenvalue weighted by atomic mass is 10.1. The number of amides is 1. The summed E-state index contributed by atoms with van der Waals surface area (Å²) in [6, 6.07) is 5.97. The molecule has 0 saturated heterocycles. The van der Waals surface area contributed by atoms with Crippen molar-refractivity contribution in [3.63, 3.8) is 0 Å². The highest BCUT2D eigenvalue weighted by molar-refractivity contribution is 9.10. The third kappa shape index (κ3) is 3.83. The van der Waals surface area contributed by atoms with Crippen molar-refractivity contribution in [2.24, 2.45) is 0 Å². The van der Waals surface area contributed by atoms with Crippen molar-refractivity contribution < 1.29 is 4.79 Å². The predicted octanol–water partition coefficient (Wildman–Crippen LogP) is 3.24. The Morgan fingerprint density at radius 2 is 2.25 bits per heavy atom. The van der Waals surface area contributed by atoms with Gasteiger partial charge in [0, 0.05) is 16.3 Å². The van der Waals surface area contributed by atoms with Crippen molar-refractivity contribution in [2.75, 3.05) is 12.0 Å². The second kappa shape index (κ2) is 6.30. The Labute approximate surface area is 109 Å². The van der Waals surface area contributed by atoms with Crippen molar-refractivity contribution in [1.29, 1.82) is 0 Å². The van der Waals surface area contributed by atoms with Crippen molar-refractivity contribution >= 4 is 33.6 Å². The van der Waals surface area contributed by atoms with Gasteiger partial charge in [-0.3, -0.25) is 4.79 Å². The number of halogens is 1. The SMILES string of the molecule is CSCC(C)NC(=O)c1cc(C)ccc1Br. The molecule has 1 N–H and O–H groups in total. The van der Waals surface area contributed by atoms with Gasteiger partial charge in [-0.25, -0.2) is 0 Å². The maximum Gasteiger partial charge on any atom is 0.252 e. The zero-order chi connectivity index (χ0) is 12.1. The zero-order valence-electron chi connectivity index (χ0n) is 9.71. The Kier molecular flexibility index (Phi) is 5.35. The van der Waals surface area contributed by atoms with Crippen molar-refractivity contribution in [3.05, 3.63) is 33.8 Å². The van der Waals surface area contributed by atoms with Gasteiger partial charge in [-0.15, -0.1) is 0 Å². The molecule has 0 aliphatic heterocycles. The number of carbonyl (C=O) groups excluding carboxylic acids is 1. The first kappa shape index (κ1) is 13.6. The minimum atomic E-state index is -0.0166. The molecule has 0 radical (unpaired) electrons. The number of hydrogen-bond donors (Lipinski definition) is 1. The van der Waals surface area contributed by atoms with Gasteiger partial charge in [0.1, 0.15) is 0 Å². The molecule has 1 aromatic carbocycles. The van der Waals surface area contributed by atoms with Crippen LogP contribution < -0.4 is 5.32 Å². The molecule has 0 aromatic heterocycles. The molecule has 2 nitrogen and oxygen atoms in total. The summed E-state index contributed by atoms with van der Waals surface area (Å²) in [6.45, 7) is 3.99. The summed E-state index contributed by atoms with van der Waals surface area (Å²) in [7, 11) is 0. The van der Waals surface area contributed by atoms with Gasteiger partial charge in [-0.2, -0.15) is 11.8 Å². The molecule has 1 unspecified atom stereocenters. The minimum Gasteiger partial charge on any atom is -0.349 e. The highest BCUT2D eigenvalue weighted by atomic mass is 79.9. The van der Waals surface area contributed by atoms with Crippen LogP contribution in [0, 0.1) is 6.92 Å². The minimum absolute atomic E-state index is 0.0166. The molecule has 1 rings (SSSR count). The molecule has 1 atom stereocenters. The lowest BCUT2D eigenvalue weighted by molar-refractivity contribution is 0.0943. The molecule has 0 aliphatic carbocycles. The first-order chi connectivity index (χ1) is 7.54. The largest absolute Gasteiger partial charge is 0.349 e. The maximum atomic E-state index is 12.0. The second-order valence-corrected chi connectivity index (χ2v) is 5.58. The van der Waals surface area contributed by atoms with E-state index in [-0.39, 0.29) is 11.9 Å². The number of rotatable bonds is 4. The number of thioether (sulfide) groups is 1. The van der Waals surface area contributed by atoms with E-state index in [0.717, 1.165) is 15.8 Å². The van der Waals surface area contributed by atoms with E-state index >= 15 is 0 Å². The summed E-state index contributed by atoms with van der Waals surface area (Å²) in [6.07, 6.45) is 2.03. The third-order valence-electron chi connectivity index (χ3n) is 2.16. The molecule has 0 spiro atoms. The Balaban J connectivity index is 2.76. The van der Waals surface area contributed by atoms with Gasteiger partial charge < -0.3 is 5.32 Å². The first-order valence-corrected chi connectivity index (χ1v) is 7.29. The van der Waals surface area contributed by atoms with E-state index in [0.29, 0.717) is 5.56 Å². The molecule has 0 saturated carbocycles. The van der Waals surface area contributed by atoms with Crippen LogP contribution in [-0.2, 0) is 0 Å². The fourth-order valence-electron chi connectivity index (χ4n) is 1.41. The quantitative estimate of drug-likeness (QED) is 0.925. The van der Waals surface area contributed by atoms with Crippen molar-refractivity contribution in [1.82, 2.24) is 5.32 Å². The molecular weight excluding hydrogens is 286 g/mol. The average Bonchev–Trinajstić information content (AvgIpc) is 2.21. The van der Waals surface area contributed by atoms with Gasteiger partial charge in [0.25, 0.3) is 5.91 Å². The molecule has 0 heterocycles. The van der Waals surface area contributed by atoms with E-state index < -0.39 is 0 Å². The van der Waals surface area contributed by atoms with Gasteiger partial charge in [0.15, 0.2) is 0 Å². The second-order valence-electron chi connectivity index (χ2n) is 3.81. The summed E-state index contributed by atoms with van der Waals surface area (Å²) in [5, 5.41) is 2.98. The van der Waals surface area contributed by atoms with Crippen molar-refractivity contribution in [3.8, 4) is 0 Å². The predicted molar refractivity (Wildman–Crippen MR) is 74.2 cm³/mol. The molecular formula is C12H16BrNOS. The lowest BCUT2D eigenvalue weighted by Crippen LogP contribution is -2.34. The summed E-state index contributed by atoms with van der Waals surface area (Å²) in [5.41, 5.74) is 1.79. The van der Waals surface area contributed by atoms with Gasteiger partial charge in [-0.05, 0) is 48.2 Å². The Bertz CT molecular complexity index is 381. The third-order valence-corrected chi connectivity index (χ3v) is 3.69. The molecule has 1 amide bonds. The maximum absolute atomic E-state index is 12.0. The number of benzene rings is 1. The van der Waals surface area contributed by atoms with Crippen LogP contribution in [0.25, 0.3) is 0 Å². The summed E-state index contributed by atoms with van der Waals surface area (Å²) in [4.78, 5) is 12.0.